The standard InChI is InChI=1S/C16H14N2O3/c1-10-7-8-17-13(9-10)18-16(19)15-14(20-2)11-5-3-4-6-12(11)21-15/h3-9H,1-2H3,(H,17,18,19). The monoisotopic (exact) mass is 282 g/mol. The first-order chi connectivity index (χ1) is 10.2. The normalized spacial score (nSPS) is 10.6. The summed E-state index contributed by atoms with van der Waals surface area (Å²) < 4.78 is 10.9. The molecular weight excluding hydrogens is 268 g/mol. The van der Waals surface area contributed by atoms with Gasteiger partial charge in [-0.3, -0.25) is 4.79 Å². The zero-order valence-corrected chi connectivity index (χ0v) is 11.7. The van der Waals surface area contributed by atoms with E-state index in [0.29, 0.717) is 17.2 Å². The Balaban J connectivity index is 1.98. The molecule has 0 atom stereocenters. The third-order valence-corrected chi connectivity index (χ3v) is 3.12. The number of benzene rings is 1. The molecule has 0 aliphatic carbocycles. The second kappa shape index (κ2) is 5.28. The molecule has 0 saturated heterocycles. The molecule has 5 nitrogen and oxygen atoms in total. The number of nitrogens with one attached hydrogen (secondary N) is 1. The largest absolute Gasteiger partial charge is 0.492 e. The molecule has 1 aromatic carbocycles. The number of hydrogen-bond acceptors (Lipinski definition) is 4. The molecular formula is C16H14N2O3. The average molecular weight is 282 g/mol. The number of pyridine rings is 1. The van der Waals surface area contributed by atoms with Crippen LogP contribution in [0.3, 0.4) is 0 Å². The lowest BCUT2D eigenvalue weighted by atomic mass is 10.2. The van der Waals surface area contributed by atoms with Crippen molar-refractivity contribution in [3.63, 3.8) is 0 Å². The first-order valence-corrected chi connectivity index (χ1v) is 6.48. The Morgan fingerprint density at radius 3 is 2.86 bits per heavy atom. The molecule has 0 fully saturated rings. The maximum atomic E-state index is 12.3. The van der Waals surface area contributed by atoms with Gasteiger partial charge in [0.1, 0.15) is 11.4 Å². The molecule has 0 unspecified atom stereocenters. The van der Waals surface area contributed by atoms with Crippen LogP contribution in [0.25, 0.3) is 11.0 Å². The Hall–Kier alpha value is -2.82. The van der Waals surface area contributed by atoms with Gasteiger partial charge < -0.3 is 14.5 Å². The zero-order valence-electron chi connectivity index (χ0n) is 11.7. The van der Waals surface area contributed by atoms with Gasteiger partial charge in [-0.05, 0) is 36.8 Å². The second-order valence-electron chi connectivity index (χ2n) is 4.63. The highest BCUT2D eigenvalue weighted by atomic mass is 16.5. The van der Waals surface area contributed by atoms with E-state index in [0.717, 1.165) is 10.9 Å². The minimum absolute atomic E-state index is 0.141. The summed E-state index contributed by atoms with van der Waals surface area (Å²) in [6, 6.07) is 11.0. The van der Waals surface area contributed by atoms with Crippen molar-refractivity contribution in [2.45, 2.75) is 6.92 Å². The summed E-state index contributed by atoms with van der Waals surface area (Å²) in [6.45, 7) is 1.93. The van der Waals surface area contributed by atoms with Gasteiger partial charge in [-0.15, -0.1) is 0 Å². The lowest BCUT2D eigenvalue weighted by molar-refractivity contribution is 0.0994. The Morgan fingerprint density at radius 2 is 2.10 bits per heavy atom. The first-order valence-electron chi connectivity index (χ1n) is 6.48. The number of carbonyl (C=O) groups excluding carboxylic acids is 1. The molecule has 0 radical (unpaired) electrons. The van der Waals surface area contributed by atoms with E-state index in [1.54, 1.807) is 18.3 Å². The number of rotatable bonds is 3. The molecule has 2 aromatic heterocycles. The number of amides is 1. The van der Waals surface area contributed by atoms with Gasteiger partial charge in [-0.2, -0.15) is 0 Å². The fourth-order valence-electron chi connectivity index (χ4n) is 2.15. The summed E-state index contributed by atoms with van der Waals surface area (Å²) >= 11 is 0. The van der Waals surface area contributed by atoms with E-state index in [9.17, 15) is 4.79 Å². The Labute approximate surface area is 121 Å². The third-order valence-electron chi connectivity index (χ3n) is 3.12. The number of aryl methyl sites for hydroxylation is 1. The van der Waals surface area contributed by atoms with Gasteiger partial charge in [0.05, 0.1) is 12.5 Å². The molecule has 1 N–H and O–H groups in total. The van der Waals surface area contributed by atoms with E-state index in [2.05, 4.69) is 10.3 Å². The highest BCUT2D eigenvalue weighted by Crippen LogP contribution is 2.33. The molecule has 1 amide bonds. The Kier molecular flexibility index (Phi) is 3.31. The van der Waals surface area contributed by atoms with E-state index in [-0.39, 0.29) is 11.7 Å². The lowest BCUT2D eigenvalue weighted by Gasteiger charge is -2.04. The minimum Gasteiger partial charge on any atom is -0.492 e. The van der Waals surface area contributed by atoms with E-state index in [1.807, 2.05) is 31.2 Å². The number of anilines is 1. The van der Waals surface area contributed by atoms with Crippen molar-refractivity contribution in [3.05, 3.63) is 53.9 Å². The molecule has 3 aromatic rings. The fourth-order valence-corrected chi connectivity index (χ4v) is 2.15. The summed E-state index contributed by atoms with van der Waals surface area (Å²) in [4.78, 5) is 16.4. The summed E-state index contributed by atoms with van der Waals surface area (Å²) in [6.07, 6.45) is 1.64. The smallest absolute Gasteiger partial charge is 0.296 e. The summed E-state index contributed by atoms with van der Waals surface area (Å²) in [5.74, 6) is 0.654. The topological polar surface area (TPSA) is 64.4 Å². The second-order valence-corrected chi connectivity index (χ2v) is 4.63. The molecule has 21 heavy (non-hydrogen) atoms. The number of carbonyl (C=O) groups is 1. The van der Waals surface area contributed by atoms with Crippen molar-refractivity contribution in [3.8, 4) is 5.75 Å². The van der Waals surface area contributed by atoms with Crippen LogP contribution in [0.1, 0.15) is 16.1 Å². The Bertz CT molecular complexity index is 808. The molecule has 0 spiro atoms. The number of hydrogen-bond donors (Lipinski definition) is 1. The average Bonchev–Trinajstić information content (AvgIpc) is 2.86. The highest BCUT2D eigenvalue weighted by molar-refractivity contribution is 6.07. The number of furan rings is 1. The van der Waals surface area contributed by atoms with Gasteiger partial charge in [0.15, 0.2) is 5.75 Å². The van der Waals surface area contributed by atoms with Gasteiger partial charge in [-0.25, -0.2) is 4.98 Å². The number of nitrogens with zero attached hydrogens (tertiary/aromatic N) is 1. The van der Waals surface area contributed by atoms with Crippen LogP contribution in [-0.2, 0) is 0 Å². The SMILES string of the molecule is COc1c(C(=O)Nc2cc(C)ccn2)oc2ccccc12. The van der Waals surface area contributed by atoms with Gasteiger partial charge >= 0.3 is 0 Å². The number of fused-ring (bicyclic) bond motifs is 1. The van der Waals surface area contributed by atoms with Crippen LogP contribution in [-0.4, -0.2) is 18.0 Å². The molecule has 106 valence electrons. The van der Waals surface area contributed by atoms with Crippen LogP contribution >= 0.6 is 0 Å². The van der Waals surface area contributed by atoms with Gasteiger partial charge in [0, 0.05) is 6.20 Å². The molecule has 5 heteroatoms. The third kappa shape index (κ3) is 2.45. The number of aromatic nitrogens is 1. The summed E-state index contributed by atoms with van der Waals surface area (Å²) in [7, 11) is 1.51. The van der Waals surface area contributed by atoms with Crippen LogP contribution in [0.5, 0.6) is 5.75 Å². The van der Waals surface area contributed by atoms with Crippen molar-refractivity contribution >= 4 is 22.7 Å². The van der Waals surface area contributed by atoms with Gasteiger partial charge in [0.25, 0.3) is 5.91 Å². The predicted molar refractivity (Wildman–Crippen MR) is 79.7 cm³/mol. The molecule has 0 saturated carbocycles. The zero-order chi connectivity index (χ0) is 14.8. The summed E-state index contributed by atoms with van der Waals surface area (Å²) in [5.41, 5.74) is 1.62. The van der Waals surface area contributed by atoms with Crippen molar-refractivity contribution in [1.82, 2.24) is 4.98 Å². The lowest BCUT2D eigenvalue weighted by Crippen LogP contribution is -2.13. The minimum atomic E-state index is -0.388. The molecule has 0 bridgehead atoms. The highest BCUT2D eigenvalue weighted by Gasteiger charge is 2.21. The van der Waals surface area contributed by atoms with E-state index in [1.165, 1.54) is 7.11 Å². The van der Waals surface area contributed by atoms with Crippen molar-refractivity contribution in [2.24, 2.45) is 0 Å². The quantitative estimate of drug-likeness (QED) is 0.799. The van der Waals surface area contributed by atoms with Crippen LogP contribution in [0, 0.1) is 6.92 Å². The van der Waals surface area contributed by atoms with Crippen molar-refractivity contribution < 1.29 is 13.9 Å². The van der Waals surface area contributed by atoms with Crippen LogP contribution < -0.4 is 10.1 Å². The molecule has 0 aliphatic heterocycles. The maximum absolute atomic E-state index is 12.3. The number of para-hydroxylation sites is 1. The van der Waals surface area contributed by atoms with Crippen LogP contribution in [0.2, 0.25) is 0 Å². The van der Waals surface area contributed by atoms with E-state index in [4.69, 9.17) is 9.15 Å². The number of ether oxygens (including phenoxy) is 1. The predicted octanol–water partition coefficient (Wildman–Crippen LogP) is 3.40. The van der Waals surface area contributed by atoms with Crippen molar-refractivity contribution in [2.75, 3.05) is 12.4 Å². The first kappa shape index (κ1) is 13.2. The fraction of sp³-hybridized carbons (Fsp3) is 0.125. The maximum Gasteiger partial charge on any atom is 0.296 e. The van der Waals surface area contributed by atoms with Gasteiger partial charge in [0.2, 0.25) is 5.76 Å². The van der Waals surface area contributed by atoms with Gasteiger partial charge in [-0.1, -0.05) is 12.1 Å². The number of methoxy groups -OCH3 is 1. The molecule has 0 aliphatic rings. The molecule has 3 rings (SSSR count). The van der Waals surface area contributed by atoms with Crippen molar-refractivity contribution in [1.29, 1.82) is 0 Å². The van der Waals surface area contributed by atoms with E-state index < -0.39 is 0 Å². The van der Waals surface area contributed by atoms with E-state index >= 15 is 0 Å². The molecule has 2 heterocycles. The summed E-state index contributed by atoms with van der Waals surface area (Å²) in [5, 5.41) is 3.48. The Morgan fingerprint density at radius 1 is 1.29 bits per heavy atom. The van der Waals surface area contributed by atoms with Crippen LogP contribution in [0.15, 0.2) is 47.0 Å². The van der Waals surface area contributed by atoms with Crippen LogP contribution in [0.4, 0.5) is 5.82 Å².